The monoisotopic (exact) mass is 477 g/mol. The van der Waals surface area contributed by atoms with Crippen LogP contribution >= 0.6 is 0 Å². The second-order valence-corrected chi connectivity index (χ2v) is 9.69. The molecule has 1 aliphatic heterocycles. The summed E-state index contributed by atoms with van der Waals surface area (Å²) in [6.07, 6.45) is 3.55. The molecule has 2 fully saturated rings. The van der Waals surface area contributed by atoms with Crippen molar-refractivity contribution in [1.82, 2.24) is 9.78 Å². The second kappa shape index (κ2) is 9.36. The van der Waals surface area contributed by atoms with Gasteiger partial charge in [0.05, 0.1) is 35.5 Å². The fourth-order valence-electron chi connectivity index (χ4n) is 4.23. The molecular formula is C27H31N3O5. The van der Waals surface area contributed by atoms with Crippen LogP contribution in [0.25, 0.3) is 16.9 Å². The zero-order valence-corrected chi connectivity index (χ0v) is 20.1. The third kappa shape index (κ3) is 5.04. The van der Waals surface area contributed by atoms with E-state index >= 15 is 0 Å². The number of hydrogen-bond donors (Lipinski definition) is 2. The predicted octanol–water partition coefficient (Wildman–Crippen LogP) is 4.38. The molecule has 184 valence electrons. The molecule has 2 heterocycles. The maximum Gasteiger partial charge on any atom is 0.335 e. The van der Waals surface area contributed by atoms with Gasteiger partial charge in [-0.1, -0.05) is 24.3 Å². The molecule has 3 aromatic rings. The van der Waals surface area contributed by atoms with Crippen molar-refractivity contribution in [1.29, 1.82) is 0 Å². The van der Waals surface area contributed by atoms with Crippen molar-refractivity contribution in [3.63, 3.8) is 0 Å². The van der Waals surface area contributed by atoms with Gasteiger partial charge in [0.25, 0.3) is 0 Å². The maximum absolute atomic E-state index is 11.5. The number of benzene rings is 2. The topological polar surface area (TPSA) is 97.0 Å². The Hall–Kier alpha value is -3.36. The summed E-state index contributed by atoms with van der Waals surface area (Å²) >= 11 is 0. The quantitative estimate of drug-likeness (QED) is 0.472. The number of aromatic nitrogens is 2. The Morgan fingerprint density at radius 1 is 1.09 bits per heavy atom. The number of carbonyl (C=O) groups is 1. The average Bonchev–Trinajstić information content (AvgIpc) is 3.38. The molecule has 2 aromatic carbocycles. The average molecular weight is 478 g/mol. The van der Waals surface area contributed by atoms with Crippen molar-refractivity contribution in [3.05, 3.63) is 60.3 Å². The number of ether oxygens (including phenoxy) is 2. The first-order valence-corrected chi connectivity index (χ1v) is 12.1. The zero-order valence-electron chi connectivity index (χ0n) is 20.1. The van der Waals surface area contributed by atoms with Gasteiger partial charge in [-0.2, -0.15) is 5.10 Å². The van der Waals surface area contributed by atoms with Gasteiger partial charge < -0.3 is 24.6 Å². The van der Waals surface area contributed by atoms with Crippen molar-refractivity contribution < 1.29 is 24.5 Å². The highest BCUT2D eigenvalue weighted by Gasteiger charge is 2.29. The van der Waals surface area contributed by atoms with Gasteiger partial charge in [0.15, 0.2) is 5.60 Å². The Morgan fingerprint density at radius 3 is 2.54 bits per heavy atom. The lowest BCUT2D eigenvalue weighted by atomic mass is 10.1. The Kier molecular flexibility index (Phi) is 6.25. The highest BCUT2D eigenvalue weighted by Crippen LogP contribution is 2.35. The standard InChI is InChI=1S/C27H31N3O5/c1-27(2,26(32)33)34-17-19-16-24(18-7-5-8-21(15-18)35-20-12-13-20)30(28-19)23-10-4-3-9-22(23)29-14-6-11-25(29)31/h3-5,7-10,15-16,20,25,31H,6,11-14,17H2,1-2H3,(H,32,33). The second-order valence-electron chi connectivity index (χ2n) is 9.69. The molecule has 1 aliphatic carbocycles. The first kappa shape index (κ1) is 23.4. The van der Waals surface area contributed by atoms with Crippen LogP contribution in [0.2, 0.25) is 0 Å². The van der Waals surface area contributed by atoms with Crippen LogP contribution in [0.5, 0.6) is 5.75 Å². The molecule has 0 spiro atoms. The minimum atomic E-state index is -1.33. The maximum atomic E-state index is 11.5. The number of carboxylic acid groups (broad SMARTS) is 1. The molecule has 1 unspecified atom stereocenters. The summed E-state index contributed by atoms with van der Waals surface area (Å²) in [7, 11) is 0. The summed E-state index contributed by atoms with van der Waals surface area (Å²) in [5.41, 5.74) is 2.76. The molecule has 2 aliphatic rings. The Labute approximate surface area is 204 Å². The summed E-state index contributed by atoms with van der Waals surface area (Å²) in [6.45, 7) is 3.86. The van der Waals surface area contributed by atoms with Crippen LogP contribution in [0.3, 0.4) is 0 Å². The van der Waals surface area contributed by atoms with Gasteiger partial charge in [0.1, 0.15) is 12.0 Å². The van der Waals surface area contributed by atoms with E-state index in [-0.39, 0.29) is 12.7 Å². The number of aliphatic carboxylic acids is 1. The van der Waals surface area contributed by atoms with Crippen molar-refractivity contribution in [2.75, 3.05) is 11.4 Å². The molecule has 1 aromatic heterocycles. The van der Waals surface area contributed by atoms with Crippen LogP contribution < -0.4 is 9.64 Å². The van der Waals surface area contributed by atoms with Gasteiger partial charge in [0, 0.05) is 12.1 Å². The lowest BCUT2D eigenvalue weighted by molar-refractivity contribution is -0.162. The molecule has 2 N–H and O–H groups in total. The molecular weight excluding hydrogens is 446 g/mol. The molecule has 8 nitrogen and oxygen atoms in total. The lowest BCUT2D eigenvalue weighted by Gasteiger charge is -2.25. The number of rotatable bonds is 9. The molecule has 1 saturated heterocycles. The molecule has 1 saturated carbocycles. The first-order valence-electron chi connectivity index (χ1n) is 12.1. The van der Waals surface area contributed by atoms with Gasteiger partial charge in [-0.3, -0.25) is 0 Å². The van der Waals surface area contributed by atoms with Gasteiger partial charge in [0.2, 0.25) is 0 Å². The van der Waals surface area contributed by atoms with Crippen LogP contribution in [0, 0.1) is 0 Å². The number of aliphatic hydroxyl groups excluding tert-OH is 1. The highest BCUT2D eigenvalue weighted by molar-refractivity contribution is 5.76. The van der Waals surface area contributed by atoms with E-state index in [0.29, 0.717) is 5.69 Å². The van der Waals surface area contributed by atoms with Crippen molar-refractivity contribution >= 4 is 11.7 Å². The number of aliphatic hydroxyl groups is 1. The molecule has 1 atom stereocenters. The fraction of sp³-hybridized carbons (Fsp3) is 0.407. The number of anilines is 1. The normalized spacial score (nSPS) is 18.1. The summed E-state index contributed by atoms with van der Waals surface area (Å²) in [5, 5.41) is 24.8. The summed E-state index contributed by atoms with van der Waals surface area (Å²) in [6, 6.07) is 17.7. The number of nitrogens with zero attached hydrogens (tertiary/aromatic N) is 3. The van der Waals surface area contributed by atoms with E-state index in [1.54, 1.807) is 0 Å². The van der Waals surface area contributed by atoms with Crippen LogP contribution in [-0.4, -0.2) is 50.4 Å². The molecule has 5 rings (SSSR count). The molecule has 0 amide bonds. The van der Waals surface area contributed by atoms with Crippen LogP contribution in [0.1, 0.15) is 45.2 Å². The first-order chi connectivity index (χ1) is 16.8. The van der Waals surface area contributed by atoms with E-state index in [1.807, 2.05) is 64.2 Å². The van der Waals surface area contributed by atoms with Gasteiger partial charge in [-0.25, -0.2) is 9.48 Å². The number of hydrogen-bond acceptors (Lipinski definition) is 6. The van der Waals surface area contributed by atoms with E-state index in [9.17, 15) is 15.0 Å². The van der Waals surface area contributed by atoms with E-state index in [1.165, 1.54) is 13.8 Å². The van der Waals surface area contributed by atoms with Gasteiger partial charge in [-0.15, -0.1) is 0 Å². The summed E-state index contributed by atoms with van der Waals surface area (Å²) in [4.78, 5) is 13.5. The third-order valence-corrected chi connectivity index (χ3v) is 6.45. The molecule has 8 heteroatoms. The van der Waals surface area contributed by atoms with E-state index < -0.39 is 17.8 Å². The summed E-state index contributed by atoms with van der Waals surface area (Å²) < 4.78 is 13.6. The van der Waals surface area contributed by atoms with E-state index in [0.717, 1.165) is 60.6 Å². The van der Waals surface area contributed by atoms with Crippen LogP contribution in [0.15, 0.2) is 54.6 Å². The SMILES string of the molecule is CC(C)(OCc1cc(-c2cccc(OC3CC3)c2)n(-c2ccccc2N2CCCC2O)n1)C(=O)O. The Morgan fingerprint density at radius 2 is 1.86 bits per heavy atom. The van der Waals surface area contributed by atoms with Crippen molar-refractivity contribution in [2.24, 2.45) is 0 Å². The highest BCUT2D eigenvalue weighted by atomic mass is 16.5. The van der Waals surface area contributed by atoms with Crippen LogP contribution in [0.4, 0.5) is 5.69 Å². The van der Waals surface area contributed by atoms with Gasteiger partial charge in [-0.05, 0) is 69.9 Å². The number of carboxylic acids is 1. The number of para-hydroxylation sites is 2. The summed E-state index contributed by atoms with van der Waals surface area (Å²) in [5.74, 6) is -0.221. The third-order valence-electron chi connectivity index (χ3n) is 6.45. The van der Waals surface area contributed by atoms with Crippen LogP contribution in [-0.2, 0) is 16.1 Å². The predicted molar refractivity (Wildman–Crippen MR) is 132 cm³/mol. The van der Waals surface area contributed by atoms with E-state index in [4.69, 9.17) is 14.6 Å². The molecule has 35 heavy (non-hydrogen) atoms. The minimum absolute atomic E-state index is 0.0477. The van der Waals surface area contributed by atoms with E-state index in [2.05, 4.69) is 0 Å². The largest absolute Gasteiger partial charge is 0.490 e. The molecule has 0 bridgehead atoms. The zero-order chi connectivity index (χ0) is 24.6. The van der Waals surface area contributed by atoms with Gasteiger partial charge >= 0.3 is 5.97 Å². The van der Waals surface area contributed by atoms with Crippen molar-refractivity contribution in [3.8, 4) is 22.7 Å². The van der Waals surface area contributed by atoms with Crippen molar-refractivity contribution in [2.45, 2.75) is 64.1 Å². The fourth-order valence-corrected chi connectivity index (χ4v) is 4.23. The minimum Gasteiger partial charge on any atom is -0.490 e. The Bertz CT molecular complexity index is 1220. The molecule has 0 radical (unpaired) electrons. The smallest absolute Gasteiger partial charge is 0.335 e. The Balaban J connectivity index is 1.56. The lowest BCUT2D eigenvalue weighted by Crippen LogP contribution is -2.34.